The molecule has 0 saturated heterocycles. The SMILES string of the molecule is CCCCCCCC/C=C\CCOc1ccc(-c2ncc(CCCCCCC)cn2)cc1. The first kappa shape index (κ1) is 26.1. The van der Waals surface area contributed by atoms with Crippen LogP contribution < -0.4 is 4.74 Å². The first-order valence-electron chi connectivity index (χ1n) is 13.0. The van der Waals surface area contributed by atoms with Gasteiger partial charge in [0.2, 0.25) is 0 Å². The van der Waals surface area contributed by atoms with Crippen LogP contribution in [0.2, 0.25) is 0 Å². The lowest BCUT2D eigenvalue weighted by Crippen LogP contribution is -1.96. The van der Waals surface area contributed by atoms with Gasteiger partial charge in [-0.05, 0) is 61.9 Å². The van der Waals surface area contributed by atoms with Gasteiger partial charge < -0.3 is 4.74 Å². The molecule has 0 amide bonds. The van der Waals surface area contributed by atoms with Crippen molar-refractivity contribution in [3.8, 4) is 17.1 Å². The molecule has 0 saturated carbocycles. The zero-order valence-electron chi connectivity index (χ0n) is 20.5. The summed E-state index contributed by atoms with van der Waals surface area (Å²) < 4.78 is 5.87. The third-order valence-electron chi connectivity index (χ3n) is 5.83. The molecular formula is C29H44N2O. The van der Waals surface area contributed by atoms with E-state index in [2.05, 4.69) is 36.0 Å². The van der Waals surface area contributed by atoms with E-state index in [0.717, 1.165) is 36.6 Å². The van der Waals surface area contributed by atoms with Crippen LogP contribution in [-0.4, -0.2) is 16.6 Å². The molecule has 176 valence electrons. The fourth-order valence-electron chi connectivity index (χ4n) is 3.79. The van der Waals surface area contributed by atoms with Crippen LogP contribution in [0.1, 0.15) is 103 Å². The molecule has 3 heteroatoms. The van der Waals surface area contributed by atoms with Crippen LogP contribution in [0.3, 0.4) is 0 Å². The third-order valence-corrected chi connectivity index (χ3v) is 5.83. The summed E-state index contributed by atoms with van der Waals surface area (Å²) in [5.74, 6) is 1.69. The van der Waals surface area contributed by atoms with E-state index in [1.807, 2.05) is 36.7 Å². The molecule has 1 aromatic carbocycles. The maximum absolute atomic E-state index is 5.87. The molecule has 0 aliphatic rings. The Kier molecular flexibility index (Phi) is 14.2. The van der Waals surface area contributed by atoms with E-state index in [4.69, 9.17) is 4.74 Å². The van der Waals surface area contributed by atoms with E-state index in [9.17, 15) is 0 Å². The van der Waals surface area contributed by atoms with E-state index in [0.29, 0.717) is 0 Å². The molecule has 1 heterocycles. The van der Waals surface area contributed by atoms with Crippen molar-refractivity contribution < 1.29 is 4.74 Å². The minimum absolute atomic E-state index is 0.718. The smallest absolute Gasteiger partial charge is 0.159 e. The molecular weight excluding hydrogens is 392 g/mol. The molecule has 0 aliphatic heterocycles. The van der Waals surface area contributed by atoms with Gasteiger partial charge in [-0.2, -0.15) is 0 Å². The Hall–Kier alpha value is -2.16. The van der Waals surface area contributed by atoms with Gasteiger partial charge in [-0.15, -0.1) is 0 Å². The van der Waals surface area contributed by atoms with Crippen molar-refractivity contribution >= 4 is 0 Å². The first-order valence-corrected chi connectivity index (χ1v) is 13.0. The number of nitrogens with zero attached hydrogens (tertiary/aromatic N) is 2. The molecule has 3 nitrogen and oxygen atoms in total. The first-order chi connectivity index (χ1) is 15.8. The lowest BCUT2D eigenvalue weighted by Gasteiger charge is -2.06. The second kappa shape index (κ2) is 17.4. The van der Waals surface area contributed by atoms with Gasteiger partial charge in [0.15, 0.2) is 5.82 Å². The number of hydrogen-bond acceptors (Lipinski definition) is 3. The van der Waals surface area contributed by atoms with Crippen molar-refractivity contribution in [1.82, 2.24) is 9.97 Å². The fraction of sp³-hybridized carbons (Fsp3) is 0.586. The van der Waals surface area contributed by atoms with Crippen LogP contribution in [0.5, 0.6) is 5.75 Å². The summed E-state index contributed by atoms with van der Waals surface area (Å²) in [6, 6.07) is 8.12. The zero-order valence-corrected chi connectivity index (χ0v) is 20.5. The molecule has 0 aliphatic carbocycles. The Labute approximate surface area is 196 Å². The average molecular weight is 437 g/mol. The molecule has 0 spiro atoms. The molecule has 0 fully saturated rings. The maximum Gasteiger partial charge on any atom is 0.159 e. The summed E-state index contributed by atoms with van der Waals surface area (Å²) in [5.41, 5.74) is 2.26. The molecule has 0 atom stereocenters. The highest BCUT2D eigenvalue weighted by Crippen LogP contribution is 2.20. The van der Waals surface area contributed by atoms with E-state index >= 15 is 0 Å². The van der Waals surface area contributed by atoms with Crippen LogP contribution >= 0.6 is 0 Å². The molecule has 0 bridgehead atoms. The Morgan fingerprint density at radius 1 is 0.688 bits per heavy atom. The normalized spacial score (nSPS) is 11.3. The highest BCUT2D eigenvalue weighted by molar-refractivity contribution is 5.55. The van der Waals surface area contributed by atoms with Crippen LogP contribution in [0.15, 0.2) is 48.8 Å². The number of aryl methyl sites for hydroxylation is 1. The number of rotatable bonds is 18. The minimum Gasteiger partial charge on any atom is -0.493 e. The van der Waals surface area contributed by atoms with Gasteiger partial charge in [0.1, 0.15) is 5.75 Å². The molecule has 0 radical (unpaired) electrons. The van der Waals surface area contributed by atoms with E-state index in [1.54, 1.807) is 0 Å². The van der Waals surface area contributed by atoms with Gasteiger partial charge in [-0.25, -0.2) is 9.97 Å². The zero-order chi connectivity index (χ0) is 22.7. The highest BCUT2D eigenvalue weighted by atomic mass is 16.5. The van der Waals surface area contributed by atoms with Gasteiger partial charge in [0, 0.05) is 18.0 Å². The molecule has 0 N–H and O–H groups in total. The van der Waals surface area contributed by atoms with Gasteiger partial charge in [-0.1, -0.05) is 83.8 Å². The standard InChI is InChI=1S/C29H44N2O/c1-3-5-7-9-10-11-12-13-15-17-23-32-28-21-19-27(20-22-28)29-30-24-26(25-31-29)18-16-14-8-6-4-2/h13,15,19-22,24-25H,3-12,14,16-18,23H2,1-2H3/b15-13-. The lowest BCUT2D eigenvalue weighted by molar-refractivity contribution is 0.325. The van der Waals surface area contributed by atoms with Crippen LogP contribution in [0.25, 0.3) is 11.4 Å². The molecule has 0 unspecified atom stereocenters. The topological polar surface area (TPSA) is 35.0 Å². The van der Waals surface area contributed by atoms with Gasteiger partial charge in [0.25, 0.3) is 0 Å². The number of ether oxygens (including phenoxy) is 1. The van der Waals surface area contributed by atoms with Crippen molar-refractivity contribution in [3.63, 3.8) is 0 Å². The molecule has 1 aromatic heterocycles. The van der Waals surface area contributed by atoms with Crippen molar-refractivity contribution in [2.24, 2.45) is 0 Å². The summed E-state index contributed by atoms with van der Waals surface area (Å²) in [6.45, 7) is 5.24. The summed E-state index contributed by atoms with van der Waals surface area (Å²) in [5, 5.41) is 0. The van der Waals surface area contributed by atoms with Gasteiger partial charge in [-0.3, -0.25) is 0 Å². The maximum atomic E-state index is 5.87. The van der Waals surface area contributed by atoms with E-state index in [-0.39, 0.29) is 0 Å². The Bertz CT molecular complexity index is 722. The predicted octanol–water partition coefficient (Wildman–Crippen LogP) is 8.73. The fourth-order valence-corrected chi connectivity index (χ4v) is 3.79. The number of allylic oxidation sites excluding steroid dienone is 1. The van der Waals surface area contributed by atoms with Crippen molar-refractivity contribution in [1.29, 1.82) is 0 Å². The van der Waals surface area contributed by atoms with Crippen molar-refractivity contribution in [3.05, 3.63) is 54.4 Å². The minimum atomic E-state index is 0.718. The van der Waals surface area contributed by atoms with Crippen LogP contribution in [0.4, 0.5) is 0 Å². The van der Waals surface area contributed by atoms with Crippen molar-refractivity contribution in [2.45, 2.75) is 104 Å². The molecule has 2 aromatic rings. The summed E-state index contributed by atoms with van der Waals surface area (Å²) in [6.07, 6.45) is 26.4. The number of hydrogen-bond donors (Lipinski definition) is 0. The monoisotopic (exact) mass is 436 g/mol. The lowest BCUT2D eigenvalue weighted by atomic mass is 10.1. The van der Waals surface area contributed by atoms with E-state index < -0.39 is 0 Å². The third kappa shape index (κ3) is 11.5. The average Bonchev–Trinajstić information content (AvgIpc) is 2.83. The summed E-state index contributed by atoms with van der Waals surface area (Å²) >= 11 is 0. The highest BCUT2D eigenvalue weighted by Gasteiger charge is 2.03. The predicted molar refractivity (Wildman–Crippen MR) is 137 cm³/mol. The summed E-state index contributed by atoms with van der Waals surface area (Å²) in [7, 11) is 0. The number of aromatic nitrogens is 2. The largest absolute Gasteiger partial charge is 0.493 e. The summed E-state index contributed by atoms with van der Waals surface area (Å²) in [4.78, 5) is 9.13. The Morgan fingerprint density at radius 3 is 1.97 bits per heavy atom. The van der Waals surface area contributed by atoms with Crippen molar-refractivity contribution in [2.75, 3.05) is 6.61 Å². The van der Waals surface area contributed by atoms with Crippen LogP contribution in [0, 0.1) is 0 Å². The van der Waals surface area contributed by atoms with Gasteiger partial charge in [0.05, 0.1) is 6.61 Å². The second-order valence-electron chi connectivity index (χ2n) is 8.77. The molecule has 2 rings (SSSR count). The Balaban J connectivity index is 1.62. The second-order valence-corrected chi connectivity index (χ2v) is 8.77. The van der Waals surface area contributed by atoms with E-state index in [1.165, 1.54) is 82.6 Å². The Morgan fingerprint density at radius 2 is 1.28 bits per heavy atom. The van der Waals surface area contributed by atoms with Crippen LogP contribution in [-0.2, 0) is 6.42 Å². The number of unbranched alkanes of at least 4 members (excludes halogenated alkanes) is 10. The van der Waals surface area contributed by atoms with Gasteiger partial charge >= 0.3 is 0 Å². The number of benzene rings is 1. The quantitative estimate of drug-likeness (QED) is 0.173. The molecule has 32 heavy (non-hydrogen) atoms.